The molecular weight excluding hydrogens is 318 g/mol. The molecule has 124 valence electrons. The van der Waals surface area contributed by atoms with Crippen LogP contribution in [0.2, 0.25) is 0 Å². The Morgan fingerprint density at radius 1 is 1.22 bits per heavy atom. The van der Waals surface area contributed by atoms with E-state index in [-0.39, 0.29) is 10.8 Å². The normalized spacial score (nSPS) is 16.6. The first-order valence-corrected chi connectivity index (χ1v) is 9.15. The fourth-order valence-electron chi connectivity index (χ4n) is 2.49. The van der Waals surface area contributed by atoms with E-state index in [0.29, 0.717) is 25.6 Å². The summed E-state index contributed by atoms with van der Waals surface area (Å²) in [5, 5.41) is 11.5. The molecule has 0 radical (unpaired) electrons. The van der Waals surface area contributed by atoms with Gasteiger partial charge in [0.15, 0.2) is 15.7 Å². The van der Waals surface area contributed by atoms with Crippen LogP contribution in [0.3, 0.4) is 0 Å². The van der Waals surface area contributed by atoms with Crippen LogP contribution in [0.1, 0.15) is 11.4 Å². The minimum atomic E-state index is -3.48. The number of rotatable bonds is 5. The Hall–Kier alpha value is -1.84. The van der Waals surface area contributed by atoms with Gasteiger partial charge in [-0.05, 0) is 29.5 Å². The summed E-state index contributed by atoms with van der Waals surface area (Å²) < 4.78 is 31.7. The Bertz CT molecular complexity index is 751. The summed E-state index contributed by atoms with van der Waals surface area (Å²) in [5.41, 5.74) is 1.02. The molecule has 1 fully saturated rings. The van der Waals surface area contributed by atoms with E-state index in [1.807, 2.05) is 6.92 Å². The van der Waals surface area contributed by atoms with E-state index < -0.39 is 9.84 Å². The maximum atomic E-state index is 12.5. The van der Waals surface area contributed by atoms with Crippen LogP contribution in [0.4, 0.5) is 0 Å². The Morgan fingerprint density at radius 3 is 2.61 bits per heavy atom. The number of nitrogens with one attached hydrogen (secondary N) is 1. The molecule has 3 rings (SSSR count). The summed E-state index contributed by atoms with van der Waals surface area (Å²) in [4.78, 5) is 1.57. The van der Waals surface area contributed by atoms with Crippen LogP contribution < -0.4 is 4.90 Å². The van der Waals surface area contributed by atoms with E-state index in [9.17, 15) is 8.42 Å². The molecule has 23 heavy (non-hydrogen) atoms. The summed E-state index contributed by atoms with van der Waals surface area (Å²) in [6.07, 6.45) is 0. The summed E-state index contributed by atoms with van der Waals surface area (Å²) in [7, 11) is -3.48. The second-order valence-electron chi connectivity index (χ2n) is 5.69. The van der Waals surface area contributed by atoms with Gasteiger partial charge in [0.05, 0.1) is 18.1 Å². The van der Waals surface area contributed by atoms with Crippen molar-refractivity contribution in [3.63, 3.8) is 0 Å². The number of morpholine rings is 1. The number of quaternary nitrogens is 1. The number of benzene rings is 1. The Balaban J connectivity index is 1.75. The van der Waals surface area contributed by atoms with Gasteiger partial charge in [-0.15, -0.1) is 5.10 Å². The second kappa shape index (κ2) is 6.73. The first kappa shape index (κ1) is 16.0. The van der Waals surface area contributed by atoms with Gasteiger partial charge in [0.1, 0.15) is 19.6 Å². The highest BCUT2D eigenvalue weighted by atomic mass is 32.2. The number of sulfone groups is 1. The number of aromatic nitrogens is 4. The van der Waals surface area contributed by atoms with E-state index in [0.717, 1.165) is 18.7 Å². The summed E-state index contributed by atoms with van der Waals surface area (Å²) in [6.45, 7) is 5.67. The van der Waals surface area contributed by atoms with Gasteiger partial charge in [0.2, 0.25) is 5.82 Å². The Morgan fingerprint density at radius 2 is 1.91 bits per heavy atom. The molecule has 0 atom stereocenters. The van der Waals surface area contributed by atoms with Crippen LogP contribution >= 0.6 is 0 Å². The van der Waals surface area contributed by atoms with Gasteiger partial charge in [-0.25, -0.2) is 13.1 Å². The summed E-state index contributed by atoms with van der Waals surface area (Å²) in [5.74, 6) is 0.333. The molecule has 0 aliphatic carbocycles. The molecule has 0 unspecified atom stereocenters. The van der Waals surface area contributed by atoms with Crippen LogP contribution in [0, 0.1) is 6.92 Å². The van der Waals surface area contributed by atoms with Gasteiger partial charge >= 0.3 is 0 Å². The number of ether oxygens (including phenoxy) is 1. The van der Waals surface area contributed by atoms with Crippen molar-refractivity contribution in [1.29, 1.82) is 0 Å². The third-order valence-corrected chi connectivity index (χ3v) is 5.46. The highest BCUT2D eigenvalue weighted by molar-refractivity contribution is 7.90. The maximum Gasteiger partial charge on any atom is 0.207 e. The number of tetrazole rings is 1. The standard InChI is InChI=1S/C14H19N5O3S/c1-12-2-4-13(5-3-12)23(20,21)11-19-14(15-16-17-19)10-18-6-8-22-9-7-18/h2-5H,6-11H2,1H3/p+1. The molecule has 2 aromatic rings. The molecule has 1 aliphatic heterocycles. The number of hydrogen-bond acceptors (Lipinski definition) is 6. The SMILES string of the molecule is Cc1ccc(S(=O)(=O)Cn2nnnc2C[NH+]2CCOCC2)cc1. The van der Waals surface area contributed by atoms with Crippen molar-refractivity contribution < 1.29 is 18.1 Å². The Kier molecular flexibility index (Phi) is 4.69. The number of hydrogen-bond donors (Lipinski definition) is 1. The largest absolute Gasteiger partial charge is 0.370 e. The fraction of sp³-hybridized carbons (Fsp3) is 0.500. The van der Waals surface area contributed by atoms with Gasteiger partial charge in [-0.1, -0.05) is 17.7 Å². The molecule has 0 bridgehead atoms. The quantitative estimate of drug-likeness (QED) is 0.739. The van der Waals surface area contributed by atoms with E-state index >= 15 is 0 Å². The monoisotopic (exact) mass is 338 g/mol. The van der Waals surface area contributed by atoms with Crippen molar-refractivity contribution in [3.05, 3.63) is 35.7 Å². The first-order valence-electron chi connectivity index (χ1n) is 7.50. The number of aryl methyl sites for hydroxylation is 1. The third kappa shape index (κ3) is 3.92. The molecule has 0 amide bonds. The number of nitrogens with zero attached hydrogens (tertiary/aromatic N) is 4. The first-order chi connectivity index (χ1) is 11.0. The lowest BCUT2D eigenvalue weighted by Crippen LogP contribution is -3.12. The van der Waals surface area contributed by atoms with Crippen molar-refractivity contribution in [2.24, 2.45) is 0 Å². The predicted octanol–water partition coefficient (Wildman–Crippen LogP) is -1.17. The van der Waals surface area contributed by atoms with E-state index in [1.54, 1.807) is 24.3 Å². The van der Waals surface area contributed by atoms with Crippen LogP contribution in [-0.4, -0.2) is 54.9 Å². The maximum absolute atomic E-state index is 12.5. The highest BCUT2D eigenvalue weighted by Gasteiger charge is 2.22. The van der Waals surface area contributed by atoms with Gasteiger partial charge in [-0.3, -0.25) is 0 Å². The van der Waals surface area contributed by atoms with Crippen LogP contribution in [0.25, 0.3) is 0 Å². The van der Waals surface area contributed by atoms with Crippen molar-refractivity contribution in [2.75, 3.05) is 26.3 Å². The topological polar surface area (TPSA) is 91.4 Å². The summed E-state index contributed by atoms with van der Waals surface area (Å²) >= 11 is 0. The zero-order valence-corrected chi connectivity index (χ0v) is 13.8. The van der Waals surface area contributed by atoms with Crippen LogP contribution in [-0.2, 0) is 27.0 Å². The van der Waals surface area contributed by atoms with Crippen LogP contribution in [0.15, 0.2) is 29.2 Å². The van der Waals surface area contributed by atoms with E-state index in [4.69, 9.17) is 4.74 Å². The van der Waals surface area contributed by atoms with Crippen LogP contribution in [0.5, 0.6) is 0 Å². The van der Waals surface area contributed by atoms with Gasteiger partial charge < -0.3 is 9.64 Å². The molecule has 1 N–H and O–H groups in total. The molecule has 8 nitrogen and oxygen atoms in total. The Labute approximate surface area is 135 Å². The van der Waals surface area contributed by atoms with Crippen molar-refractivity contribution in [1.82, 2.24) is 20.2 Å². The summed E-state index contributed by atoms with van der Waals surface area (Å²) in [6, 6.07) is 6.79. The lowest BCUT2D eigenvalue weighted by Gasteiger charge is -2.22. The molecule has 0 spiro atoms. The molecule has 1 aromatic heterocycles. The minimum Gasteiger partial charge on any atom is -0.370 e. The third-order valence-electron chi connectivity index (χ3n) is 3.89. The second-order valence-corrected chi connectivity index (χ2v) is 7.65. The van der Waals surface area contributed by atoms with Crippen molar-refractivity contribution in [2.45, 2.75) is 24.2 Å². The zero-order valence-electron chi connectivity index (χ0n) is 13.0. The van der Waals surface area contributed by atoms with E-state index in [1.165, 1.54) is 9.58 Å². The van der Waals surface area contributed by atoms with Crippen molar-refractivity contribution >= 4 is 9.84 Å². The molecule has 1 aromatic carbocycles. The highest BCUT2D eigenvalue weighted by Crippen LogP contribution is 2.14. The molecule has 9 heteroatoms. The molecule has 1 saturated heterocycles. The average molecular weight is 338 g/mol. The van der Waals surface area contributed by atoms with Gasteiger partial charge in [0.25, 0.3) is 0 Å². The molecular formula is C14H20N5O3S+. The fourth-order valence-corrected chi connectivity index (χ4v) is 3.71. The van der Waals surface area contributed by atoms with Gasteiger partial charge in [-0.2, -0.15) is 0 Å². The van der Waals surface area contributed by atoms with Crippen molar-refractivity contribution in [3.8, 4) is 0 Å². The molecule has 0 saturated carbocycles. The minimum absolute atomic E-state index is 0.248. The molecule has 1 aliphatic rings. The lowest BCUT2D eigenvalue weighted by atomic mass is 10.2. The van der Waals surface area contributed by atoms with E-state index in [2.05, 4.69) is 15.5 Å². The molecule has 2 heterocycles. The zero-order chi connectivity index (χ0) is 16.3. The predicted molar refractivity (Wildman–Crippen MR) is 81.4 cm³/mol. The average Bonchev–Trinajstić information content (AvgIpc) is 2.95. The lowest BCUT2D eigenvalue weighted by molar-refractivity contribution is -0.922. The smallest absolute Gasteiger partial charge is 0.207 e. The van der Waals surface area contributed by atoms with Gasteiger partial charge in [0, 0.05) is 0 Å².